The smallest absolute Gasteiger partial charge is 0.320 e. The first-order chi connectivity index (χ1) is 6.09. The number of rotatable bonds is 3. The van der Waals surface area contributed by atoms with E-state index >= 15 is 0 Å². The second-order valence-corrected chi connectivity index (χ2v) is 3.51. The molecule has 0 aromatic rings. The van der Waals surface area contributed by atoms with Crippen molar-refractivity contribution in [1.82, 2.24) is 0 Å². The molecule has 3 heteroatoms. The largest absolute Gasteiger partial charge is 0.480 e. The highest BCUT2D eigenvalue weighted by atomic mass is 16.4. The Kier molecular flexibility index (Phi) is 3.25. The van der Waals surface area contributed by atoms with Gasteiger partial charge in [-0.05, 0) is 24.3 Å². The number of carboxylic acid groups (broad SMARTS) is 1. The molecule has 0 aliphatic heterocycles. The first-order valence-corrected chi connectivity index (χ1v) is 4.45. The maximum Gasteiger partial charge on any atom is 0.320 e. The molecule has 0 saturated heterocycles. The third kappa shape index (κ3) is 3.03. The molecule has 0 saturated carbocycles. The molecule has 0 aromatic carbocycles. The molecule has 2 unspecified atom stereocenters. The van der Waals surface area contributed by atoms with Gasteiger partial charge in [-0.3, -0.25) is 4.79 Å². The Morgan fingerprint density at radius 2 is 2.54 bits per heavy atom. The fourth-order valence-corrected chi connectivity index (χ4v) is 1.40. The van der Waals surface area contributed by atoms with Crippen LogP contribution in [0.4, 0.5) is 0 Å². The van der Waals surface area contributed by atoms with Crippen molar-refractivity contribution in [1.29, 1.82) is 0 Å². The maximum absolute atomic E-state index is 10.5. The lowest BCUT2D eigenvalue weighted by Gasteiger charge is -2.13. The topological polar surface area (TPSA) is 63.3 Å². The standard InChI is InChI=1S/C10H15NO2/c1-7-3-2-4-8(5-7)6-9(11)10(12)13/h2,4-5,7,9H,3,6,11H2,1H3,(H,12,13). The minimum Gasteiger partial charge on any atom is -0.480 e. The molecule has 2 atom stereocenters. The number of hydrogen-bond acceptors (Lipinski definition) is 2. The highest BCUT2D eigenvalue weighted by Gasteiger charge is 2.14. The number of carbonyl (C=O) groups is 1. The van der Waals surface area contributed by atoms with Crippen molar-refractivity contribution < 1.29 is 9.90 Å². The van der Waals surface area contributed by atoms with E-state index in [9.17, 15) is 4.79 Å². The first kappa shape index (κ1) is 9.99. The van der Waals surface area contributed by atoms with Crippen LogP contribution in [0.3, 0.4) is 0 Å². The Bertz CT molecular complexity index is 256. The Labute approximate surface area is 77.9 Å². The third-order valence-electron chi connectivity index (χ3n) is 2.11. The van der Waals surface area contributed by atoms with E-state index in [1.165, 1.54) is 0 Å². The van der Waals surface area contributed by atoms with Crippen LogP contribution in [0.2, 0.25) is 0 Å². The molecule has 72 valence electrons. The van der Waals surface area contributed by atoms with Crippen molar-refractivity contribution in [2.75, 3.05) is 0 Å². The SMILES string of the molecule is CC1C=C(CC(N)C(=O)O)C=CC1. The molecule has 1 aliphatic carbocycles. The van der Waals surface area contributed by atoms with Gasteiger partial charge < -0.3 is 10.8 Å². The quantitative estimate of drug-likeness (QED) is 0.690. The van der Waals surface area contributed by atoms with Crippen LogP contribution in [0.15, 0.2) is 23.8 Å². The van der Waals surface area contributed by atoms with E-state index in [0.29, 0.717) is 12.3 Å². The summed E-state index contributed by atoms with van der Waals surface area (Å²) in [5, 5.41) is 8.60. The Morgan fingerprint density at radius 3 is 3.08 bits per heavy atom. The molecule has 1 rings (SSSR count). The van der Waals surface area contributed by atoms with Crippen molar-refractivity contribution >= 4 is 5.97 Å². The van der Waals surface area contributed by atoms with E-state index in [-0.39, 0.29) is 0 Å². The van der Waals surface area contributed by atoms with Crippen LogP contribution in [-0.2, 0) is 4.79 Å². The predicted molar refractivity (Wildman–Crippen MR) is 51.2 cm³/mol. The van der Waals surface area contributed by atoms with Gasteiger partial charge in [0.15, 0.2) is 0 Å². The highest BCUT2D eigenvalue weighted by Crippen LogP contribution is 2.18. The van der Waals surface area contributed by atoms with Gasteiger partial charge >= 0.3 is 5.97 Å². The van der Waals surface area contributed by atoms with E-state index in [0.717, 1.165) is 12.0 Å². The summed E-state index contributed by atoms with van der Waals surface area (Å²) in [4.78, 5) is 10.5. The summed E-state index contributed by atoms with van der Waals surface area (Å²) < 4.78 is 0. The van der Waals surface area contributed by atoms with Gasteiger partial charge in [-0.2, -0.15) is 0 Å². The lowest BCUT2D eigenvalue weighted by molar-refractivity contribution is -0.138. The van der Waals surface area contributed by atoms with Crippen LogP contribution >= 0.6 is 0 Å². The zero-order valence-electron chi connectivity index (χ0n) is 7.73. The van der Waals surface area contributed by atoms with E-state index in [4.69, 9.17) is 10.8 Å². The number of aliphatic carboxylic acids is 1. The Morgan fingerprint density at radius 1 is 1.85 bits per heavy atom. The maximum atomic E-state index is 10.5. The van der Waals surface area contributed by atoms with Crippen LogP contribution in [0, 0.1) is 5.92 Å². The molecule has 3 nitrogen and oxygen atoms in total. The summed E-state index contributed by atoms with van der Waals surface area (Å²) in [6, 6.07) is -0.777. The average molecular weight is 181 g/mol. The molecule has 0 heterocycles. The lowest BCUT2D eigenvalue weighted by atomic mass is 9.94. The van der Waals surface area contributed by atoms with Gasteiger partial charge in [-0.25, -0.2) is 0 Å². The fraction of sp³-hybridized carbons (Fsp3) is 0.500. The Balaban J connectivity index is 2.54. The van der Waals surface area contributed by atoms with Crippen LogP contribution in [-0.4, -0.2) is 17.1 Å². The van der Waals surface area contributed by atoms with E-state index in [1.807, 2.05) is 6.08 Å². The number of hydrogen-bond donors (Lipinski definition) is 2. The minimum atomic E-state index is -0.937. The third-order valence-corrected chi connectivity index (χ3v) is 2.11. The molecule has 0 fully saturated rings. The van der Waals surface area contributed by atoms with Gasteiger partial charge in [0.05, 0.1) is 0 Å². The summed E-state index contributed by atoms with van der Waals surface area (Å²) >= 11 is 0. The van der Waals surface area contributed by atoms with Crippen LogP contribution in [0.5, 0.6) is 0 Å². The summed E-state index contributed by atoms with van der Waals surface area (Å²) in [5.74, 6) is -0.437. The molecule has 13 heavy (non-hydrogen) atoms. The zero-order valence-corrected chi connectivity index (χ0v) is 7.73. The van der Waals surface area contributed by atoms with E-state index < -0.39 is 12.0 Å². The minimum absolute atomic E-state index is 0.427. The number of carboxylic acids is 1. The van der Waals surface area contributed by atoms with Crippen LogP contribution in [0.25, 0.3) is 0 Å². The summed E-state index contributed by atoms with van der Waals surface area (Å²) in [6.45, 7) is 2.11. The molecule has 0 radical (unpaired) electrons. The second-order valence-electron chi connectivity index (χ2n) is 3.51. The molecular weight excluding hydrogens is 166 g/mol. The van der Waals surface area contributed by atoms with Gasteiger partial charge in [0, 0.05) is 0 Å². The van der Waals surface area contributed by atoms with Crippen LogP contribution < -0.4 is 5.73 Å². The second kappa shape index (κ2) is 4.23. The van der Waals surface area contributed by atoms with Crippen molar-refractivity contribution in [3.63, 3.8) is 0 Å². The van der Waals surface area contributed by atoms with Crippen molar-refractivity contribution in [3.8, 4) is 0 Å². The van der Waals surface area contributed by atoms with Crippen molar-refractivity contribution in [2.24, 2.45) is 11.7 Å². The van der Waals surface area contributed by atoms with Crippen molar-refractivity contribution in [3.05, 3.63) is 23.8 Å². The predicted octanol–water partition coefficient (Wildman–Crippen LogP) is 1.31. The Hall–Kier alpha value is -1.09. The van der Waals surface area contributed by atoms with E-state index in [2.05, 4.69) is 19.1 Å². The zero-order chi connectivity index (χ0) is 9.84. The summed E-state index contributed by atoms with van der Waals surface area (Å²) in [7, 11) is 0. The molecule has 0 spiro atoms. The monoisotopic (exact) mass is 181 g/mol. The lowest BCUT2D eigenvalue weighted by Crippen LogP contribution is -2.30. The fourth-order valence-electron chi connectivity index (χ4n) is 1.40. The number of allylic oxidation sites excluding steroid dienone is 3. The van der Waals surface area contributed by atoms with Gasteiger partial charge in [0.2, 0.25) is 0 Å². The molecule has 0 aromatic heterocycles. The van der Waals surface area contributed by atoms with Gasteiger partial charge in [-0.1, -0.05) is 25.2 Å². The summed E-state index contributed by atoms with van der Waals surface area (Å²) in [5.41, 5.74) is 6.45. The molecule has 1 aliphatic rings. The van der Waals surface area contributed by atoms with Crippen LogP contribution in [0.1, 0.15) is 19.8 Å². The molecule has 0 bridgehead atoms. The highest BCUT2D eigenvalue weighted by molar-refractivity contribution is 5.73. The normalized spacial score (nSPS) is 23.8. The molecule has 3 N–H and O–H groups in total. The van der Waals surface area contributed by atoms with Crippen molar-refractivity contribution in [2.45, 2.75) is 25.8 Å². The van der Waals surface area contributed by atoms with E-state index in [1.54, 1.807) is 0 Å². The number of nitrogens with two attached hydrogens (primary N) is 1. The van der Waals surface area contributed by atoms with Gasteiger partial charge in [0.1, 0.15) is 6.04 Å². The average Bonchev–Trinajstić information content (AvgIpc) is 2.04. The van der Waals surface area contributed by atoms with Gasteiger partial charge in [-0.15, -0.1) is 0 Å². The molecular formula is C10H15NO2. The van der Waals surface area contributed by atoms with Gasteiger partial charge in [0.25, 0.3) is 0 Å². The first-order valence-electron chi connectivity index (χ1n) is 4.45. The summed E-state index contributed by atoms with van der Waals surface area (Å²) in [6.07, 6.45) is 7.57. The molecule has 0 amide bonds.